The Hall–Kier alpha value is -4.25. The second-order valence-electron chi connectivity index (χ2n) is 7.13. The van der Waals surface area contributed by atoms with Crippen molar-refractivity contribution >= 4 is 17.1 Å². The minimum absolute atomic E-state index is 0.0123. The maximum Gasteiger partial charge on any atom is 0.251 e. The van der Waals surface area contributed by atoms with Gasteiger partial charge in [0.2, 0.25) is 5.78 Å². The number of hydrogen-bond donors (Lipinski definition) is 2. The first-order valence-corrected chi connectivity index (χ1v) is 9.80. The van der Waals surface area contributed by atoms with Gasteiger partial charge in [0.15, 0.2) is 0 Å². The fourth-order valence-corrected chi connectivity index (χ4v) is 3.25. The SMILES string of the molecule is Cc1ccc(-c2cc(=O)[nH]c(/C(C(=O)c3ccccc3)=C(\O)c3ccccc3)n2)cc1. The number of aryl methyl sites for hydroxylation is 1. The number of aliphatic hydroxyl groups excluding tert-OH is 1. The van der Waals surface area contributed by atoms with E-state index in [0.29, 0.717) is 16.8 Å². The average Bonchev–Trinajstić information content (AvgIpc) is 2.80. The first kappa shape index (κ1) is 20.0. The molecule has 31 heavy (non-hydrogen) atoms. The van der Waals surface area contributed by atoms with E-state index in [-0.39, 0.29) is 17.2 Å². The molecule has 1 aromatic heterocycles. The van der Waals surface area contributed by atoms with Crippen molar-refractivity contribution in [3.8, 4) is 11.3 Å². The van der Waals surface area contributed by atoms with Gasteiger partial charge < -0.3 is 10.1 Å². The molecule has 4 rings (SSSR count). The summed E-state index contributed by atoms with van der Waals surface area (Å²) in [5.74, 6) is -0.678. The van der Waals surface area contributed by atoms with E-state index < -0.39 is 11.3 Å². The smallest absolute Gasteiger partial charge is 0.251 e. The highest BCUT2D eigenvalue weighted by atomic mass is 16.3. The van der Waals surface area contributed by atoms with Gasteiger partial charge in [-0.1, -0.05) is 90.5 Å². The molecular weight excluding hydrogens is 388 g/mol. The zero-order valence-corrected chi connectivity index (χ0v) is 16.9. The lowest BCUT2D eigenvalue weighted by atomic mass is 9.98. The van der Waals surface area contributed by atoms with Crippen LogP contribution in [0.15, 0.2) is 95.8 Å². The van der Waals surface area contributed by atoms with Crippen molar-refractivity contribution in [2.24, 2.45) is 0 Å². The molecule has 5 heteroatoms. The van der Waals surface area contributed by atoms with Crippen molar-refractivity contribution in [3.05, 3.63) is 124 Å². The van der Waals surface area contributed by atoms with Gasteiger partial charge in [0.05, 0.1) is 5.69 Å². The normalized spacial score (nSPS) is 11.6. The Morgan fingerprint density at radius 2 is 1.42 bits per heavy atom. The molecule has 0 fully saturated rings. The molecule has 4 aromatic rings. The molecule has 3 aromatic carbocycles. The number of hydrogen-bond acceptors (Lipinski definition) is 4. The molecule has 0 atom stereocenters. The number of nitrogens with one attached hydrogen (secondary N) is 1. The third kappa shape index (κ3) is 4.36. The fraction of sp³-hybridized carbons (Fsp3) is 0.0385. The number of nitrogens with zero attached hydrogens (tertiary/aromatic N) is 1. The van der Waals surface area contributed by atoms with E-state index in [9.17, 15) is 14.7 Å². The third-order valence-corrected chi connectivity index (χ3v) is 4.87. The zero-order valence-electron chi connectivity index (χ0n) is 16.9. The fourth-order valence-electron chi connectivity index (χ4n) is 3.25. The van der Waals surface area contributed by atoms with Crippen LogP contribution in [0.2, 0.25) is 0 Å². The summed E-state index contributed by atoms with van der Waals surface area (Å²) < 4.78 is 0. The number of aromatic amines is 1. The molecule has 152 valence electrons. The Labute approximate surface area is 179 Å². The lowest BCUT2D eigenvalue weighted by Crippen LogP contribution is -2.15. The molecule has 2 N–H and O–H groups in total. The van der Waals surface area contributed by atoms with Gasteiger partial charge in [-0.3, -0.25) is 9.59 Å². The Kier molecular flexibility index (Phi) is 5.58. The first-order chi connectivity index (χ1) is 15.0. The van der Waals surface area contributed by atoms with Crippen molar-refractivity contribution in [3.63, 3.8) is 0 Å². The van der Waals surface area contributed by atoms with E-state index in [4.69, 9.17) is 0 Å². The summed E-state index contributed by atoms with van der Waals surface area (Å²) in [6.07, 6.45) is 0. The molecule has 0 saturated heterocycles. The maximum absolute atomic E-state index is 13.4. The maximum atomic E-state index is 13.4. The molecule has 1 heterocycles. The minimum Gasteiger partial charge on any atom is -0.506 e. The van der Waals surface area contributed by atoms with E-state index >= 15 is 0 Å². The van der Waals surface area contributed by atoms with E-state index in [0.717, 1.165) is 11.1 Å². The van der Waals surface area contributed by atoms with Gasteiger partial charge in [-0.05, 0) is 6.92 Å². The largest absolute Gasteiger partial charge is 0.506 e. The van der Waals surface area contributed by atoms with Crippen LogP contribution in [0.3, 0.4) is 0 Å². The Morgan fingerprint density at radius 3 is 2.03 bits per heavy atom. The predicted molar refractivity (Wildman–Crippen MR) is 122 cm³/mol. The van der Waals surface area contributed by atoms with Gasteiger partial charge in [0.1, 0.15) is 17.2 Å². The molecule has 0 radical (unpaired) electrons. The number of ketones is 1. The molecule has 5 nitrogen and oxygen atoms in total. The van der Waals surface area contributed by atoms with Crippen molar-refractivity contribution < 1.29 is 9.90 Å². The van der Waals surface area contributed by atoms with Crippen molar-refractivity contribution in [2.75, 3.05) is 0 Å². The number of benzene rings is 3. The van der Waals surface area contributed by atoms with Crippen molar-refractivity contribution in [2.45, 2.75) is 6.92 Å². The summed E-state index contributed by atoms with van der Waals surface area (Å²) in [5, 5.41) is 11.1. The van der Waals surface area contributed by atoms with Gasteiger partial charge in [0.25, 0.3) is 5.56 Å². The van der Waals surface area contributed by atoms with Crippen LogP contribution in [0.4, 0.5) is 0 Å². The lowest BCUT2D eigenvalue weighted by Gasteiger charge is -2.12. The molecule has 0 saturated carbocycles. The number of carbonyl (C=O) groups excluding carboxylic acids is 1. The summed E-state index contributed by atoms with van der Waals surface area (Å²) in [7, 11) is 0. The third-order valence-electron chi connectivity index (χ3n) is 4.87. The summed E-state index contributed by atoms with van der Waals surface area (Å²) in [6, 6.07) is 26.2. The van der Waals surface area contributed by atoms with Gasteiger partial charge >= 0.3 is 0 Å². The molecule has 0 aliphatic carbocycles. The quantitative estimate of drug-likeness (QED) is 0.275. The van der Waals surface area contributed by atoms with Gasteiger partial charge in [0, 0.05) is 22.8 Å². The molecule has 0 aliphatic heterocycles. The second kappa shape index (κ2) is 8.63. The number of Topliss-reactive ketones (excluding diaryl/α,β-unsaturated/α-hetero) is 1. The van der Waals surface area contributed by atoms with Gasteiger partial charge in [-0.25, -0.2) is 4.98 Å². The van der Waals surface area contributed by atoms with Crippen LogP contribution in [-0.2, 0) is 0 Å². The lowest BCUT2D eigenvalue weighted by molar-refractivity contribution is 0.105. The number of aromatic nitrogens is 2. The zero-order chi connectivity index (χ0) is 21.8. The van der Waals surface area contributed by atoms with Crippen LogP contribution >= 0.6 is 0 Å². The van der Waals surface area contributed by atoms with Crippen LogP contribution in [0, 0.1) is 6.92 Å². The summed E-state index contributed by atoms with van der Waals surface area (Å²) >= 11 is 0. The minimum atomic E-state index is -0.439. The number of allylic oxidation sites excluding steroid dienone is 1. The van der Waals surface area contributed by atoms with Crippen LogP contribution in [0.5, 0.6) is 0 Å². The highest BCUT2D eigenvalue weighted by Gasteiger charge is 2.23. The molecule has 0 spiro atoms. The van der Waals surface area contributed by atoms with Crippen molar-refractivity contribution in [1.29, 1.82) is 0 Å². The van der Waals surface area contributed by atoms with Gasteiger partial charge in [-0.15, -0.1) is 0 Å². The standard InChI is InChI=1S/C26H20N2O3/c1-17-12-14-18(15-13-17)21-16-22(29)28-26(27-21)23(24(30)19-8-4-2-5-9-19)25(31)20-10-6-3-7-11-20/h2-16,30H,1H3,(H,27,28,29)/b24-23-. The molecule has 0 bridgehead atoms. The number of H-pyrrole nitrogens is 1. The van der Waals surface area contributed by atoms with Crippen LogP contribution < -0.4 is 5.56 Å². The molecule has 0 unspecified atom stereocenters. The van der Waals surface area contributed by atoms with Crippen LogP contribution in [-0.4, -0.2) is 20.9 Å². The van der Waals surface area contributed by atoms with Crippen molar-refractivity contribution in [1.82, 2.24) is 9.97 Å². The monoisotopic (exact) mass is 408 g/mol. The molecule has 0 aliphatic rings. The number of aliphatic hydroxyl groups is 1. The number of carbonyl (C=O) groups is 1. The van der Waals surface area contributed by atoms with E-state index in [1.54, 1.807) is 54.6 Å². The first-order valence-electron chi connectivity index (χ1n) is 9.80. The summed E-state index contributed by atoms with van der Waals surface area (Å²) in [6.45, 7) is 1.97. The molecular formula is C26H20N2O3. The van der Waals surface area contributed by atoms with E-state index in [2.05, 4.69) is 9.97 Å². The topological polar surface area (TPSA) is 83.0 Å². The Morgan fingerprint density at radius 1 is 0.839 bits per heavy atom. The number of rotatable bonds is 5. The van der Waals surface area contributed by atoms with Crippen LogP contribution in [0.25, 0.3) is 22.6 Å². The Bertz CT molecular complexity index is 1310. The summed E-state index contributed by atoms with van der Waals surface area (Å²) in [5.41, 5.74) is 2.58. The summed E-state index contributed by atoms with van der Waals surface area (Å²) in [4.78, 5) is 33.0. The van der Waals surface area contributed by atoms with Crippen LogP contribution in [0.1, 0.15) is 27.3 Å². The van der Waals surface area contributed by atoms with E-state index in [1.165, 1.54) is 6.07 Å². The average molecular weight is 408 g/mol. The van der Waals surface area contributed by atoms with Gasteiger partial charge in [-0.2, -0.15) is 0 Å². The second-order valence-corrected chi connectivity index (χ2v) is 7.13. The highest BCUT2D eigenvalue weighted by Crippen LogP contribution is 2.27. The Balaban J connectivity index is 1.93. The predicted octanol–water partition coefficient (Wildman–Crippen LogP) is 5.05. The van der Waals surface area contributed by atoms with E-state index in [1.807, 2.05) is 37.3 Å². The highest BCUT2D eigenvalue weighted by molar-refractivity contribution is 6.32. The molecule has 0 amide bonds.